The Morgan fingerprint density at radius 2 is 2.00 bits per heavy atom. The molecule has 24 heavy (non-hydrogen) atoms. The minimum atomic E-state index is -0.627. The zero-order valence-corrected chi connectivity index (χ0v) is 14.3. The summed E-state index contributed by atoms with van der Waals surface area (Å²) in [6, 6.07) is 8.56. The molecule has 0 radical (unpaired) electrons. The van der Waals surface area contributed by atoms with E-state index >= 15 is 0 Å². The van der Waals surface area contributed by atoms with Crippen LogP contribution in [0.2, 0.25) is 0 Å². The maximum Gasteiger partial charge on any atom is 0.344 e. The molecular formula is C16H11BrN2O5. The lowest BCUT2D eigenvalue weighted by Gasteiger charge is -2.02. The minimum absolute atomic E-state index is 0.0152. The van der Waals surface area contributed by atoms with Crippen LogP contribution in [0.25, 0.3) is 22.4 Å². The van der Waals surface area contributed by atoms with Gasteiger partial charge in [0.15, 0.2) is 15.9 Å². The number of nitro groups is 1. The van der Waals surface area contributed by atoms with Gasteiger partial charge in [-0.15, -0.1) is 0 Å². The zero-order valence-electron chi connectivity index (χ0n) is 12.7. The molecule has 0 bridgehead atoms. The summed E-state index contributed by atoms with van der Waals surface area (Å²) in [5, 5.41) is 11.1. The highest BCUT2D eigenvalue weighted by Crippen LogP contribution is 2.37. The van der Waals surface area contributed by atoms with Gasteiger partial charge in [-0.3, -0.25) is 10.1 Å². The summed E-state index contributed by atoms with van der Waals surface area (Å²) >= 11 is 3.05. The highest BCUT2D eigenvalue weighted by molar-refractivity contribution is 9.10. The number of carbonyl (C=O) groups excluding carboxylic acids is 1. The lowest BCUT2D eigenvalue weighted by atomic mass is 10.1. The molecule has 3 rings (SSSR count). The van der Waals surface area contributed by atoms with Gasteiger partial charge in [0.25, 0.3) is 0 Å². The number of rotatable bonds is 3. The lowest BCUT2D eigenvalue weighted by molar-refractivity contribution is -0.385. The van der Waals surface area contributed by atoms with E-state index in [0.29, 0.717) is 5.56 Å². The predicted molar refractivity (Wildman–Crippen MR) is 89.9 cm³/mol. The number of esters is 1. The van der Waals surface area contributed by atoms with Gasteiger partial charge in [-0.2, -0.15) is 0 Å². The Balaban J connectivity index is 2.33. The number of aromatic nitrogens is 1. The average Bonchev–Trinajstić information content (AvgIpc) is 2.92. The standard InChI is InChI=1S/C16H11BrN2O5/c1-8-3-5-9(6-4-8)14-12(16(20)23-2)13-11(24-14)7-10(19(21)22)15(17)18-13/h3-7H,1-2H3. The number of nitrogens with zero attached hydrogens (tertiary/aromatic N) is 2. The van der Waals surface area contributed by atoms with Gasteiger partial charge in [-0.25, -0.2) is 9.78 Å². The maximum atomic E-state index is 12.2. The van der Waals surface area contributed by atoms with Gasteiger partial charge in [0.1, 0.15) is 11.1 Å². The van der Waals surface area contributed by atoms with Crippen LogP contribution in [0, 0.1) is 17.0 Å². The molecule has 7 nitrogen and oxygen atoms in total. The number of carbonyl (C=O) groups is 1. The summed E-state index contributed by atoms with van der Waals surface area (Å²) in [6.45, 7) is 1.94. The van der Waals surface area contributed by atoms with Crippen LogP contribution in [-0.2, 0) is 4.74 Å². The van der Waals surface area contributed by atoms with Crippen molar-refractivity contribution in [2.24, 2.45) is 0 Å². The van der Waals surface area contributed by atoms with Crippen molar-refractivity contribution in [2.45, 2.75) is 6.92 Å². The molecule has 0 N–H and O–H groups in total. The fourth-order valence-electron chi connectivity index (χ4n) is 2.32. The summed E-state index contributed by atoms with van der Waals surface area (Å²) in [7, 11) is 1.25. The first kappa shape index (κ1) is 16.1. The molecular weight excluding hydrogens is 380 g/mol. The van der Waals surface area contributed by atoms with Crippen molar-refractivity contribution in [3.05, 3.63) is 56.2 Å². The van der Waals surface area contributed by atoms with E-state index in [0.717, 1.165) is 5.56 Å². The van der Waals surface area contributed by atoms with Crippen molar-refractivity contribution in [3.63, 3.8) is 0 Å². The number of hydrogen-bond acceptors (Lipinski definition) is 6. The molecule has 0 atom stereocenters. The number of furan rings is 1. The molecule has 0 saturated heterocycles. The second-order valence-electron chi connectivity index (χ2n) is 5.07. The molecule has 1 aromatic carbocycles. The largest absolute Gasteiger partial charge is 0.465 e. The Morgan fingerprint density at radius 3 is 2.58 bits per heavy atom. The summed E-state index contributed by atoms with van der Waals surface area (Å²) in [5.74, 6) is -0.366. The number of halogens is 1. The van der Waals surface area contributed by atoms with E-state index in [-0.39, 0.29) is 32.7 Å². The normalized spacial score (nSPS) is 10.8. The summed E-state index contributed by atoms with van der Waals surface area (Å²) in [5.41, 5.74) is 1.93. The highest BCUT2D eigenvalue weighted by atomic mass is 79.9. The Kier molecular flexibility index (Phi) is 4.06. The van der Waals surface area contributed by atoms with Gasteiger partial charge in [0.2, 0.25) is 0 Å². The second kappa shape index (κ2) is 6.04. The van der Waals surface area contributed by atoms with Crippen LogP contribution in [0.4, 0.5) is 5.69 Å². The van der Waals surface area contributed by atoms with Crippen LogP contribution in [0.1, 0.15) is 15.9 Å². The third-order valence-electron chi connectivity index (χ3n) is 3.50. The molecule has 122 valence electrons. The molecule has 0 fully saturated rings. The number of fused-ring (bicyclic) bond motifs is 1. The first-order valence-electron chi connectivity index (χ1n) is 6.85. The van der Waals surface area contributed by atoms with Crippen molar-refractivity contribution in [2.75, 3.05) is 7.11 Å². The van der Waals surface area contributed by atoms with E-state index < -0.39 is 10.9 Å². The second-order valence-corrected chi connectivity index (χ2v) is 5.82. The zero-order chi connectivity index (χ0) is 17.4. The summed E-state index contributed by atoms with van der Waals surface area (Å²) in [4.78, 5) is 26.8. The number of pyridine rings is 1. The van der Waals surface area contributed by atoms with Crippen LogP contribution in [0.15, 0.2) is 39.4 Å². The van der Waals surface area contributed by atoms with Crippen molar-refractivity contribution in [1.29, 1.82) is 0 Å². The number of hydrogen-bond donors (Lipinski definition) is 0. The molecule has 0 saturated carbocycles. The maximum absolute atomic E-state index is 12.2. The average molecular weight is 391 g/mol. The molecule has 0 aliphatic heterocycles. The molecule has 0 unspecified atom stereocenters. The van der Waals surface area contributed by atoms with E-state index in [4.69, 9.17) is 9.15 Å². The van der Waals surface area contributed by atoms with Crippen molar-refractivity contribution >= 4 is 38.7 Å². The van der Waals surface area contributed by atoms with Crippen LogP contribution >= 0.6 is 15.9 Å². The number of benzene rings is 1. The van der Waals surface area contributed by atoms with E-state index in [1.807, 2.05) is 19.1 Å². The first-order chi connectivity index (χ1) is 11.4. The van der Waals surface area contributed by atoms with Crippen LogP contribution in [-0.4, -0.2) is 23.0 Å². The van der Waals surface area contributed by atoms with Crippen LogP contribution in [0.5, 0.6) is 0 Å². The van der Waals surface area contributed by atoms with Gasteiger partial charge >= 0.3 is 11.7 Å². The first-order valence-corrected chi connectivity index (χ1v) is 7.64. The SMILES string of the molecule is COC(=O)c1c(-c2ccc(C)cc2)oc2cc([N+](=O)[O-])c(Br)nc12. The van der Waals surface area contributed by atoms with Gasteiger partial charge in [-0.1, -0.05) is 29.8 Å². The van der Waals surface area contributed by atoms with Gasteiger partial charge in [0.05, 0.1) is 18.1 Å². The molecule has 0 aliphatic carbocycles. The summed E-state index contributed by atoms with van der Waals surface area (Å²) < 4.78 is 10.5. The fourth-order valence-corrected chi connectivity index (χ4v) is 2.75. The Bertz CT molecular complexity index is 963. The fraction of sp³-hybridized carbons (Fsp3) is 0.125. The Hall–Kier alpha value is -2.74. The Labute approximate surface area is 144 Å². The Morgan fingerprint density at radius 1 is 1.33 bits per heavy atom. The number of aryl methyl sites for hydroxylation is 1. The van der Waals surface area contributed by atoms with Gasteiger partial charge in [-0.05, 0) is 22.9 Å². The van der Waals surface area contributed by atoms with Crippen molar-refractivity contribution < 1.29 is 18.9 Å². The van der Waals surface area contributed by atoms with Crippen molar-refractivity contribution in [3.8, 4) is 11.3 Å². The van der Waals surface area contributed by atoms with Gasteiger partial charge in [0, 0.05) is 5.56 Å². The predicted octanol–water partition coefficient (Wildman–Crippen LogP) is 4.26. The van der Waals surface area contributed by atoms with E-state index in [1.165, 1.54) is 13.2 Å². The molecule has 2 heterocycles. The van der Waals surface area contributed by atoms with Crippen LogP contribution < -0.4 is 0 Å². The molecule has 0 spiro atoms. The van der Waals surface area contributed by atoms with Crippen molar-refractivity contribution in [1.82, 2.24) is 4.98 Å². The highest BCUT2D eigenvalue weighted by Gasteiger charge is 2.27. The number of methoxy groups -OCH3 is 1. The minimum Gasteiger partial charge on any atom is -0.465 e. The third-order valence-corrected chi connectivity index (χ3v) is 4.08. The van der Waals surface area contributed by atoms with Gasteiger partial charge < -0.3 is 9.15 Å². The lowest BCUT2D eigenvalue weighted by Crippen LogP contribution is -2.03. The van der Waals surface area contributed by atoms with E-state index in [1.54, 1.807) is 12.1 Å². The smallest absolute Gasteiger partial charge is 0.344 e. The molecule has 0 aliphatic rings. The quantitative estimate of drug-likeness (QED) is 0.287. The molecule has 0 amide bonds. The monoisotopic (exact) mass is 390 g/mol. The van der Waals surface area contributed by atoms with Crippen LogP contribution in [0.3, 0.4) is 0 Å². The molecule has 8 heteroatoms. The third kappa shape index (κ3) is 2.65. The number of ether oxygens (including phenoxy) is 1. The van der Waals surface area contributed by atoms with E-state index in [9.17, 15) is 14.9 Å². The molecule has 3 aromatic rings. The topological polar surface area (TPSA) is 95.5 Å². The van der Waals surface area contributed by atoms with E-state index in [2.05, 4.69) is 20.9 Å². The molecule has 2 aromatic heterocycles. The summed E-state index contributed by atoms with van der Waals surface area (Å²) in [6.07, 6.45) is 0.